The summed E-state index contributed by atoms with van der Waals surface area (Å²) in [7, 11) is 0. The molecule has 0 saturated heterocycles. The molecular weight excluding hydrogens is 256 g/mol. The van der Waals surface area contributed by atoms with Gasteiger partial charge >= 0.3 is 0 Å². The van der Waals surface area contributed by atoms with Crippen molar-refractivity contribution in [2.24, 2.45) is 11.1 Å². The second-order valence-electron chi connectivity index (χ2n) is 6.94. The number of nitrogens with two attached hydrogens (primary N) is 1. The molecule has 2 fully saturated rings. The van der Waals surface area contributed by atoms with Gasteiger partial charge in [0, 0.05) is 18.4 Å². The highest BCUT2D eigenvalue weighted by atomic mass is 16.5. The Morgan fingerprint density at radius 1 is 1.40 bits per heavy atom. The van der Waals surface area contributed by atoms with Gasteiger partial charge in [0.1, 0.15) is 5.54 Å². The molecule has 2 aliphatic carbocycles. The SMILES string of the molecule is CCOC1CC(N)(C(=O)NC2(CO)CCCC2)C1(C)C. The van der Waals surface area contributed by atoms with Crippen molar-refractivity contribution in [2.75, 3.05) is 13.2 Å². The van der Waals surface area contributed by atoms with Gasteiger partial charge in [-0.2, -0.15) is 0 Å². The van der Waals surface area contributed by atoms with E-state index in [1.165, 1.54) is 0 Å². The van der Waals surface area contributed by atoms with E-state index in [0.717, 1.165) is 25.7 Å². The first-order valence-electron chi connectivity index (χ1n) is 7.65. The molecule has 2 rings (SSSR count). The molecule has 0 bridgehead atoms. The van der Waals surface area contributed by atoms with Gasteiger partial charge < -0.3 is 20.9 Å². The first-order chi connectivity index (χ1) is 9.31. The van der Waals surface area contributed by atoms with E-state index in [-0.39, 0.29) is 24.0 Å². The summed E-state index contributed by atoms with van der Waals surface area (Å²) in [4.78, 5) is 12.6. The summed E-state index contributed by atoms with van der Waals surface area (Å²) in [5.74, 6) is -0.144. The fraction of sp³-hybridized carbons (Fsp3) is 0.933. The van der Waals surface area contributed by atoms with E-state index in [4.69, 9.17) is 10.5 Å². The zero-order valence-corrected chi connectivity index (χ0v) is 12.9. The summed E-state index contributed by atoms with van der Waals surface area (Å²) in [6.45, 7) is 6.54. The Labute approximate surface area is 121 Å². The average Bonchev–Trinajstić information content (AvgIpc) is 2.87. The number of hydrogen-bond donors (Lipinski definition) is 3. The Hall–Kier alpha value is -0.650. The third-order valence-corrected chi connectivity index (χ3v) is 5.48. The summed E-state index contributed by atoms with van der Waals surface area (Å²) < 4.78 is 5.65. The van der Waals surface area contributed by atoms with Gasteiger partial charge in [0.05, 0.1) is 18.2 Å². The lowest BCUT2D eigenvalue weighted by Gasteiger charge is -2.58. The maximum Gasteiger partial charge on any atom is 0.241 e. The van der Waals surface area contributed by atoms with Crippen LogP contribution in [-0.2, 0) is 9.53 Å². The van der Waals surface area contributed by atoms with Crippen molar-refractivity contribution in [2.45, 2.75) is 70.1 Å². The molecule has 1 amide bonds. The molecule has 20 heavy (non-hydrogen) atoms. The van der Waals surface area contributed by atoms with Crippen molar-refractivity contribution in [1.82, 2.24) is 5.32 Å². The van der Waals surface area contributed by atoms with Crippen molar-refractivity contribution in [3.63, 3.8) is 0 Å². The molecule has 116 valence electrons. The summed E-state index contributed by atoms with van der Waals surface area (Å²) >= 11 is 0. The molecule has 2 aliphatic rings. The normalized spacial score (nSPS) is 34.5. The second kappa shape index (κ2) is 5.28. The molecule has 2 atom stereocenters. The highest BCUT2D eigenvalue weighted by molar-refractivity contribution is 5.89. The van der Waals surface area contributed by atoms with Crippen molar-refractivity contribution in [3.05, 3.63) is 0 Å². The summed E-state index contributed by atoms with van der Waals surface area (Å²) in [5, 5.41) is 12.6. The lowest BCUT2D eigenvalue weighted by Crippen LogP contribution is -2.77. The van der Waals surface area contributed by atoms with E-state index >= 15 is 0 Å². The molecule has 2 saturated carbocycles. The molecule has 0 aromatic carbocycles. The quantitative estimate of drug-likeness (QED) is 0.701. The molecular formula is C15H28N2O3. The van der Waals surface area contributed by atoms with E-state index in [1.54, 1.807) is 0 Å². The largest absolute Gasteiger partial charge is 0.394 e. The minimum Gasteiger partial charge on any atom is -0.394 e. The van der Waals surface area contributed by atoms with Gasteiger partial charge in [-0.25, -0.2) is 0 Å². The van der Waals surface area contributed by atoms with Crippen LogP contribution in [0, 0.1) is 5.41 Å². The number of carbonyl (C=O) groups is 1. The van der Waals surface area contributed by atoms with Crippen LogP contribution in [0.5, 0.6) is 0 Å². The van der Waals surface area contributed by atoms with Crippen LogP contribution in [0.4, 0.5) is 0 Å². The molecule has 0 aromatic rings. The monoisotopic (exact) mass is 284 g/mol. The maximum atomic E-state index is 12.6. The minimum atomic E-state index is -0.905. The number of aliphatic hydroxyl groups excluding tert-OH is 1. The molecule has 5 heteroatoms. The number of aliphatic hydroxyl groups is 1. The molecule has 0 spiro atoms. The predicted octanol–water partition coefficient (Wildman–Crippen LogP) is 0.940. The fourth-order valence-electron chi connectivity index (χ4n) is 3.55. The highest BCUT2D eigenvalue weighted by Crippen LogP contribution is 2.50. The molecule has 0 radical (unpaired) electrons. The predicted molar refractivity (Wildman–Crippen MR) is 77.2 cm³/mol. The van der Waals surface area contributed by atoms with Gasteiger partial charge in [0.25, 0.3) is 0 Å². The molecule has 0 aliphatic heterocycles. The highest BCUT2D eigenvalue weighted by Gasteiger charge is 2.63. The van der Waals surface area contributed by atoms with Crippen LogP contribution in [0.3, 0.4) is 0 Å². The molecule has 4 N–H and O–H groups in total. The number of ether oxygens (including phenoxy) is 1. The summed E-state index contributed by atoms with van der Waals surface area (Å²) in [5.41, 5.74) is 4.61. The first kappa shape index (κ1) is 15.7. The van der Waals surface area contributed by atoms with Gasteiger partial charge in [-0.15, -0.1) is 0 Å². The van der Waals surface area contributed by atoms with E-state index in [2.05, 4.69) is 5.32 Å². The number of carbonyl (C=O) groups excluding carboxylic acids is 1. The lowest BCUT2D eigenvalue weighted by molar-refractivity contribution is -0.172. The van der Waals surface area contributed by atoms with Crippen LogP contribution >= 0.6 is 0 Å². The minimum absolute atomic E-state index is 0.00978. The number of amides is 1. The number of hydrogen-bond acceptors (Lipinski definition) is 4. The Balaban J connectivity index is 2.06. The third-order valence-electron chi connectivity index (χ3n) is 5.48. The summed E-state index contributed by atoms with van der Waals surface area (Å²) in [6.07, 6.45) is 4.33. The second-order valence-corrected chi connectivity index (χ2v) is 6.94. The van der Waals surface area contributed by atoms with Gasteiger partial charge in [0.15, 0.2) is 0 Å². The standard InChI is InChI=1S/C15H28N2O3/c1-4-20-11-9-15(16,13(11,2)3)12(19)17-14(10-18)7-5-6-8-14/h11,18H,4-10,16H2,1-3H3,(H,17,19). The molecule has 2 unspecified atom stereocenters. The third kappa shape index (κ3) is 2.26. The number of rotatable bonds is 5. The zero-order chi connectivity index (χ0) is 15.0. The molecule has 0 aromatic heterocycles. The van der Waals surface area contributed by atoms with E-state index < -0.39 is 11.1 Å². The number of nitrogens with one attached hydrogen (secondary N) is 1. The van der Waals surface area contributed by atoms with Gasteiger partial charge in [-0.3, -0.25) is 4.79 Å². The van der Waals surface area contributed by atoms with Crippen LogP contribution in [0.2, 0.25) is 0 Å². The Morgan fingerprint density at radius 2 is 2.00 bits per heavy atom. The van der Waals surface area contributed by atoms with Crippen LogP contribution in [0.25, 0.3) is 0 Å². The van der Waals surface area contributed by atoms with Crippen molar-refractivity contribution < 1.29 is 14.6 Å². The smallest absolute Gasteiger partial charge is 0.241 e. The molecule has 0 heterocycles. The Morgan fingerprint density at radius 3 is 2.45 bits per heavy atom. The fourth-order valence-corrected chi connectivity index (χ4v) is 3.55. The lowest BCUT2D eigenvalue weighted by atomic mass is 9.54. The molecule has 5 nitrogen and oxygen atoms in total. The van der Waals surface area contributed by atoms with Gasteiger partial charge in [-0.1, -0.05) is 26.7 Å². The van der Waals surface area contributed by atoms with E-state index in [0.29, 0.717) is 13.0 Å². The van der Waals surface area contributed by atoms with E-state index in [1.807, 2.05) is 20.8 Å². The Bertz CT molecular complexity index is 377. The zero-order valence-electron chi connectivity index (χ0n) is 12.9. The average molecular weight is 284 g/mol. The van der Waals surface area contributed by atoms with Crippen LogP contribution in [0.1, 0.15) is 52.9 Å². The summed E-state index contributed by atoms with van der Waals surface area (Å²) in [6, 6.07) is 0. The van der Waals surface area contributed by atoms with Crippen molar-refractivity contribution >= 4 is 5.91 Å². The maximum absolute atomic E-state index is 12.6. The van der Waals surface area contributed by atoms with Crippen molar-refractivity contribution in [1.29, 1.82) is 0 Å². The van der Waals surface area contributed by atoms with Crippen molar-refractivity contribution in [3.8, 4) is 0 Å². The van der Waals surface area contributed by atoms with Gasteiger partial charge in [-0.05, 0) is 19.8 Å². The topological polar surface area (TPSA) is 84.6 Å². The van der Waals surface area contributed by atoms with Gasteiger partial charge in [0.2, 0.25) is 5.91 Å². The van der Waals surface area contributed by atoms with E-state index in [9.17, 15) is 9.90 Å². The van der Waals surface area contributed by atoms with Crippen LogP contribution in [0.15, 0.2) is 0 Å². The Kier molecular flexibility index (Phi) is 4.15. The van der Waals surface area contributed by atoms with Crippen LogP contribution < -0.4 is 11.1 Å². The first-order valence-corrected chi connectivity index (χ1v) is 7.65. The van der Waals surface area contributed by atoms with Crippen LogP contribution in [-0.4, -0.2) is 41.4 Å².